The van der Waals surface area contributed by atoms with Crippen LogP contribution in [0.25, 0.3) is 0 Å². The SMILES string of the molecule is CC(CCO)CNC(=O)c1ccc(=O)[nH]c1. The van der Waals surface area contributed by atoms with Crippen LogP contribution in [-0.2, 0) is 0 Å². The Labute approximate surface area is 93.5 Å². The van der Waals surface area contributed by atoms with Crippen molar-refractivity contribution in [2.24, 2.45) is 5.92 Å². The van der Waals surface area contributed by atoms with E-state index in [1.807, 2.05) is 6.92 Å². The summed E-state index contributed by atoms with van der Waals surface area (Å²) in [4.78, 5) is 24.8. The molecule has 0 radical (unpaired) electrons. The predicted octanol–water partition coefficient (Wildman–Crippen LogP) is 0.123. The van der Waals surface area contributed by atoms with Crippen LogP contribution >= 0.6 is 0 Å². The monoisotopic (exact) mass is 224 g/mol. The van der Waals surface area contributed by atoms with Gasteiger partial charge >= 0.3 is 0 Å². The summed E-state index contributed by atoms with van der Waals surface area (Å²) in [5, 5.41) is 11.4. The zero-order valence-corrected chi connectivity index (χ0v) is 9.19. The van der Waals surface area contributed by atoms with Gasteiger partial charge in [0, 0.05) is 25.4 Å². The summed E-state index contributed by atoms with van der Waals surface area (Å²) in [5.41, 5.74) is 0.195. The molecule has 88 valence electrons. The van der Waals surface area contributed by atoms with Gasteiger partial charge in [-0.2, -0.15) is 0 Å². The lowest BCUT2D eigenvalue weighted by molar-refractivity contribution is 0.0945. The van der Waals surface area contributed by atoms with Crippen LogP contribution in [0, 0.1) is 5.92 Å². The lowest BCUT2D eigenvalue weighted by Crippen LogP contribution is -2.29. The third kappa shape index (κ3) is 3.86. The van der Waals surface area contributed by atoms with Gasteiger partial charge in [0.05, 0.1) is 5.56 Å². The average Bonchev–Trinajstić information content (AvgIpc) is 2.27. The van der Waals surface area contributed by atoms with Crippen molar-refractivity contribution in [1.82, 2.24) is 10.3 Å². The molecule has 0 saturated carbocycles. The zero-order chi connectivity index (χ0) is 12.0. The number of hydrogen-bond acceptors (Lipinski definition) is 3. The maximum atomic E-state index is 11.6. The fourth-order valence-electron chi connectivity index (χ4n) is 1.24. The maximum absolute atomic E-state index is 11.6. The Hall–Kier alpha value is -1.62. The molecule has 1 aromatic rings. The lowest BCUT2D eigenvalue weighted by atomic mass is 10.1. The molecule has 0 saturated heterocycles. The van der Waals surface area contributed by atoms with Crippen LogP contribution in [-0.4, -0.2) is 29.1 Å². The highest BCUT2D eigenvalue weighted by atomic mass is 16.3. The van der Waals surface area contributed by atoms with Gasteiger partial charge in [0.15, 0.2) is 0 Å². The van der Waals surface area contributed by atoms with E-state index in [-0.39, 0.29) is 24.0 Å². The van der Waals surface area contributed by atoms with E-state index in [2.05, 4.69) is 10.3 Å². The van der Waals surface area contributed by atoms with Crippen LogP contribution in [0.15, 0.2) is 23.1 Å². The number of amides is 1. The van der Waals surface area contributed by atoms with Gasteiger partial charge in [0.1, 0.15) is 0 Å². The molecule has 5 heteroatoms. The summed E-state index contributed by atoms with van der Waals surface area (Å²) in [6.07, 6.45) is 2.04. The maximum Gasteiger partial charge on any atom is 0.252 e. The minimum Gasteiger partial charge on any atom is -0.396 e. The molecule has 0 aliphatic heterocycles. The molecule has 0 fully saturated rings. The standard InChI is InChI=1S/C11H16N2O3/c1-8(4-5-14)6-13-11(16)9-2-3-10(15)12-7-9/h2-3,7-8,14H,4-6H2,1H3,(H,12,15)(H,13,16). The number of carbonyl (C=O) groups is 1. The van der Waals surface area contributed by atoms with E-state index < -0.39 is 0 Å². The molecule has 5 nitrogen and oxygen atoms in total. The van der Waals surface area contributed by atoms with Crippen LogP contribution in [0.2, 0.25) is 0 Å². The number of H-pyrrole nitrogens is 1. The molecular formula is C11H16N2O3. The van der Waals surface area contributed by atoms with Crippen LogP contribution in [0.4, 0.5) is 0 Å². The van der Waals surface area contributed by atoms with Gasteiger partial charge in [-0.25, -0.2) is 0 Å². The summed E-state index contributed by atoms with van der Waals surface area (Å²) in [5.74, 6) is 0.0118. The fourth-order valence-corrected chi connectivity index (χ4v) is 1.24. The van der Waals surface area contributed by atoms with Gasteiger partial charge in [-0.3, -0.25) is 9.59 Å². The van der Waals surface area contributed by atoms with Crippen LogP contribution in [0.5, 0.6) is 0 Å². The van der Waals surface area contributed by atoms with Crippen molar-refractivity contribution in [3.05, 3.63) is 34.2 Å². The molecule has 16 heavy (non-hydrogen) atoms. The molecule has 1 rings (SSSR count). The molecule has 0 aliphatic rings. The Morgan fingerprint density at radius 1 is 1.56 bits per heavy atom. The summed E-state index contributed by atoms with van der Waals surface area (Å²) in [6.45, 7) is 2.58. The smallest absolute Gasteiger partial charge is 0.252 e. The Bertz CT molecular complexity index is 380. The van der Waals surface area contributed by atoms with Gasteiger partial charge in [-0.15, -0.1) is 0 Å². The molecule has 0 aromatic carbocycles. The first-order valence-corrected chi connectivity index (χ1v) is 5.21. The Morgan fingerprint density at radius 3 is 2.88 bits per heavy atom. The van der Waals surface area contributed by atoms with Gasteiger partial charge in [-0.05, 0) is 18.4 Å². The molecule has 1 heterocycles. The molecule has 0 bridgehead atoms. The van der Waals surface area contributed by atoms with Gasteiger partial charge in [0.25, 0.3) is 5.91 Å². The Balaban J connectivity index is 2.46. The number of nitrogens with one attached hydrogen (secondary N) is 2. The van der Waals surface area contributed by atoms with E-state index >= 15 is 0 Å². The number of hydrogen-bond donors (Lipinski definition) is 3. The Kier molecular flexibility index (Phi) is 4.72. The topological polar surface area (TPSA) is 82.2 Å². The van der Waals surface area contributed by atoms with Crippen molar-refractivity contribution in [3.63, 3.8) is 0 Å². The first-order valence-electron chi connectivity index (χ1n) is 5.21. The molecule has 0 spiro atoms. The van der Waals surface area contributed by atoms with Gasteiger partial charge in [-0.1, -0.05) is 6.92 Å². The molecule has 1 atom stereocenters. The van der Waals surface area contributed by atoms with Crippen molar-refractivity contribution in [1.29, 1.82) is 0 Å². The molecule has 1 aromatic heterocycles. The van der Waals surface area contributed by atoms with E-state index in [4.69, 9.17) is 5.11 Å². The molecule has 1 amide bonds. The summed E-state index contributed by atoms with van der Waals surface area (Å²) in [7, 11) is 0. The second-order valence-electron chi connectivity index (χ2n) is 3.77. The van der Waals surface area contributed by atoms with E-state index in [0.29, 0.717) is 18.5 Å². The first-order chi connectivity index (χ1) is 7.63. The highest BCUT2D eigenvalue weighted by Gasteiger charge is 2.07. The molecular weight excluding hydrogens is 208 g/mol. The number of pyridine rings is 1. The zero-order valence-electron chi connectivity index (χ0n) is 9.19. The summed E-state index contributed by atoms with van der Waals surface area (Å²) >= 11 is 0. The fraction of sp³-hybridized carbons (Fsp3) is 0.455. The van der Waals surface area contributed by atoms with Crippen LogP contribution in [0.3, 0.4) is 0 Å². The second kappa shape index (κ2) is 6.07. The average molecular weight is 224 g/mol. The van der Waals surface area contributed by atoms with Crippen molar-refractivity contribution >= 4 is 5.91 Å². The lowest BCUT2D eigenvalue weighted by Gasteiger charge is -2.10. The number of carbonyl (C=O) groups excluding carboxylic acids is 1. The van der Waals surface area contributed by atoms with Crippen LogP contribution in [0.1, 0.15) is 23.7 Å². The highest BCUT2D eigenvalue weighted by molar-refractivity contribution is 5.93. The summed E-state index contributed by atoms with van der Waals surface area (Å²) in [6, 6.07) is 2.79. The van der Waals surface area contributed by atoms with E-state index in [1.54, 1.807) is 0 Å². The van der Waals surface area contributed by atoms with Gasteiger partial charge in [0.2, 0.25) is 5.56 Å². The van der Waals surface area contributed by atoms with Crippen molar-refractivity contribution in [3.8, 4) is 0 Å². The van der Waals surface area contributed by atoms with E-state index in [9.17, 15) is 9.59 Å². The quantitative estimate of drug-likeness (QED) is 0.664. The number of aromatic nitrogens is 1. The third-order valence-electron chi connectivity index (χ3n) is 2.28. The van der Waals surface area contributed by atoms with E-state index in [1.165, 1.54) is 18.3 Å². The van der Waals surface area contributed by atoms with E-state index in [0.717, 1.165) is 0 Å². The number of aromatic amines is 1. The predicted molar refractivity (Wildman–Crippen MR) is 60.3 cm³/mol. The normalized spacial score (nSPS) is 12.1. The second-order valence-corrected chi connectivity index (χ2v) is 3.77. The van der Waals surface area contributed by atoms with Crippen molar-refractivity contribution in [2.45, 2.75) is 13.3 Å². The Morgan fingerprint density at radius 2 is 2.31 bits per heavy atom. The summed E-state index contributed by atoms with van der Waals surface area (Å²) < 4.78 is 0. The third-order valence-corrected chi connectivity index (χ3v) is 2.28. The van der Waals surface area contributed by atoms with Crippen molar-refractivity contribution < 1.29 is 9.90 Å². The minimum atomic E-state index is -0.231. The van der Waals surface area contributed by atoms with Crippen molar-refractivity contribution in [2.75, 3.05) is 13.2 Å². The first kappa shape index (κ1) is 12.4. The van der Waals surface area contributed by atoms with Gasteiger partial charge < -0.3 is 15.4 Å². The molecule has 0 aliphatic carbocycles. The number of rotatable bonds is 5. The minimum absolute atomic E-state index is 0.121. The molecule has 1 unspecified atom stereocenters. The molecule has 3 N–H and O–H groups in total. The number of aliphatic hydroxyl groups excluding tert-OH is 1. The largest absolute Gasteiger partial charge is 0.396 e. The van der Waals surface area contributed by atoms with Crippen LogP contribution < -0.4 is 10.9 Å². The highest BCUT2D eigenvalue weighted by Crippen LogP contribution is 1.99. The number of aliphatic hydroxyl groups is 1.